The predicted octanol–water partition coefficient (Wildman–Crippen LogP) is 1.80. The van der Waals surface area contributed by atoms with Crippen LogP contribution in [0.4, 0.5) is 4.79 Å². The fourth-order valence-electron chi connectivity index (χ4n) is 3.53. The molecule has 134 valence electrons. The number of hydrogen-bond donors (Lipinski definition) is 1. The van der Waals surface area contributed by atoms with Crippen molar-refractivity contribution in [1.29, 1.82) is 0 Å². The summed E-state index contributed by atoms with van der Waals surface area (Å²) in [5.41, 5.74) is 0.361. The van der Waals surface area contributed by atoms with Crippen molar-refractivity contribution in [2.24, 2.45) is 5.92 Å². The number of rotatable bonds is 4. The summed E-state index contributed by atoms with van der Waals surface area (Å²) in [6.45, 7) is 4.69. The standard InChI is InChI=1S/C19H25N3O3/c1-19(2)17(24)20-18(25)22(19)13-16(23)21-10-8-15(9-11-21)12-14-6-4-3-5-7-14/h3-7,15H,8-13H2,1-2H3,(H,20,24,25). The molecule has 3 rings (SSSR count). The Bertz CT molecular complexity index is 664. The van der Waals surface area contributed by atoms with Crippen LogP contribution in [0, 0.1) is 5.92 Å². The molecular formula is C19H25N3O3. The largest absolute Gasteiger partial charge is 0.341 e. The van der Waals surface area contributed by atoms with E-state index in [0.717, 1.165) is 19.3 Å². The fraction of sp³-hybridized carbons (Fsp3) is 0.526. The Labute approximate surface area is 148 Å². The van der Waals surface area contributed by atoms with Gasteiger partial charge in [0.25, 0.3) is 5.91 Å². The quantitative estimate of drug-likeness (QED) is 0.848. The Morgan fingerprint density at radius 1 is 1.16 bits per heavy atom. The van der Waals surface area contributed by atoms with Gasteiger partial charge in [-0.25, -0.2) is 4.79 Å². The minimum absolute atomic E-state index is 0.0477. The third-order valence-electron chi connectivity index (χ3n) is 5.32. The number of carbonyl (C=O) groups excluding carboxylic acids is 3. The summed E-state index contributed by atoms with van der Waals surface area (Å²) in [5.74, 6) is 0.141. The van der Waals surface area contributed by atoms with Crippen molar-refractivity contribution < 1.29 is 14.4 Å². The molecule has 2 saturated heterocycles. The molecule has 1 N–H and O–H groups in total. The van der Waals surface area contributed by atoms with Gasteiger partial charge in [-0.05, 0) is 44.6 Å². The van der Waals surface area contributed by atoms with Gasteiger partial charge < -0.3 is 9.80 Å². The number of carbonyl (C=O) groups is 3. The molecule has 0 atom stereocenters. The molecule has 0 aromatic heterocycles. The summed E-state index contributed by atoms with van der Waals surface area (Å²) in [4.78, 5) is 39.4. The van der Waals surface area contributed by atoms with Crippen molar-refractivity contribution in [3.05, 3.63) is 35.9 Å². The van der Waals surface area contributed by atoms with Crippen molar-refractivity contribution in [2.75, 3.05) is 19.6 Å². The number of benzene rings is 1. The first-order valence-electron chi connectivity index (χ1n) is 8.82. The lowest BCUT2D eigenvalue weighted by Gasteiger charge is -2.34. The lowest BCUT2D eigenvalue weighted by atomic mass is 9.90. The first kappa shape index (κ1) is 17.5. The summed E-state index contributed by atoms with van der Waals surface area (Å²) >= 11 is 0. The van der Waals surface area contributed by atoms with Crippen LogP contribution in [0.1, 0.15) is 32.3 Å². The number of hydrogen-bond acceptors (Lipinski definition) is 3. The molecule has 6 nitrogen and oxygen atoms in total. The van der Waals surface area contributed by atoms with Crippen LogP contribution < -0.4 is 5.32 Å². The van der Waals surface area contributed by atoms with E-state index in [2.05, 4.69) is 29.6 Å². The minimum atomic E-state index is -0.974. The summed E-state index contributed by atoms with van der Waals surface area (Å²) in [6, 6.07) is 9.93. The maximum absolute atomic E-state index is 12.6. The normalized spacial score (nSPS) is 20.7. The van der Waals surface area contributed by atoms with E-state index in [1.807, 2.05) is 11.0 Å². The minimum Gasteiger partial charge on any atom is -0.341 e. The van der Waals surface area contributed by atoms with Gasteiger partial charge in [0.1, 0.15) is 12.1 Å². The van der Waals surface area contributed by atoms with Crippen molar-refractivity contribution in [3.63, 3.8) is 0 Å². The molecule has 6 heteroatoms. The highest BCUT2D eigenvalue weighted by molar-refractivity contribution is 6.07. The molecule has 0 unspecified atom stereocenters. The number of urea groups is 1. The van der Waals surface area contributed by atoms with Crippen molar-refractivity contribution in [2.45, 2.75) is 38.6 Å². The van der Waals surface area contributed by atoms with Gasteiger partial charge in [0, 0.05) is 13.1 Å². The maximum Gasteiger partial charge on any atom is 0.325 e. The summed E-state index contributed by atoms with van der Waals surface area (Å²) < 4.78 is 0. The van der Waals surface area contributed by atoms with Crippen LogP contribution >= 0.6 is 0 Å². The molecule has 2 heterocycles. The van der Waals surface area contributed by atoms with Crippen molar-refractivity contribution in [1.82, 2.24) is 15.1 Å². The molecule has 25 heavy (non-hydrogen) atoms. The zero-order chi connectivity index (χ0) is 18.0. The SMILES string of the molecule is CC1(C)C(=O)NC(=O)N1CC(=O)N1CCC(Cc2ccccc2)CC1. The summed E-state index contributed by atoms with van der Waals surface area (Å²) in [6.07, 6.45) is 2.98. The lowest BCUT2D eigenvalue weighted by Crippen LogP contribution is -2.51. The third kappa shape index (κ3) is 3.67. The highest BCUT2D eigenvalue weighted by atomic mass is 16.2. The molecule has 0 aliphatic carbocycles. The Morgan fingerprint density at radius 2 is 1.80 bits per heavy atom. The smallest absolute Gasteiger partial charge is 0.325 e. The van der Waals surface area contributed by atoms with E-state index in [1.54, 1.807) is 13.8 Å². The molecular weight excluding hydrogens is 318 g/mol. The van der Waals surface area contributed by atoms with Gasteiger partial charge >= 0.3 is 6.03 Å². The van der Waals surface area contributed by atoms with Crippen LogP contribution in [0.2, 0.25) is 0 Å². The topological polar surface area (TPSA) is 69.7 Å². The number of nitrogens with zero attached hydrogens (tertiary/aromatic N) is 2. The molecule has 2 fully saturated rings. The van der Waals surface area contributed by atoms with Crippen LogP contribution in [0.25, 0.3) is 0 Å². The molecule has 2 aliphatic heterocycles. The predicted molar refractivity (Wildman–Crippen MR) is 93.8 cm³/mol. The first-order chi connectivity index (χ1) is 11.9. The van der Waals surface area contributed by atoms with Crippen molar-refractivity contribution in [3.8, 4) is 0 Å². The van der Waals surface area contributed by atoms with E-state index in [0.29, 0.717) is 19.0 Å². The van der Waals surface area contributed by atoms with E-state index >= 15 is 0 Å². The van der Waals surface area contributed by atoms with Crippen LogP contribution in [0.3, 0.4) is 0 Å². The van der Waals surface area contributed by atoms with E-state index in [4.69, 9.17) is 0 Å². The monoisotopic (exact) mass is 343 g/mol. The fourth-order valence-corrected chi connectivity index (χ4v) is 3.53. The Morgan fingerprint density at radius 3 is 2.36 bits per heavy atom. The molecule has 0 saturated carbocycles. The van der Waals surface area contributed by atoms with Gasteiger partial charge in [-0.1, -0.05) is 30.3 Å². The number of likely N-dealkylation sites (tertiary alicyclic amines) is 1. The maximum atomic E-state index is 12.6. The molecule has 1 aromatic rings. The van der Waals surface area contributed by atoms with E-state index in [-0.39, 0.29) is 18.4 Å². The molecule has 0 bridgehead atoms. The van der Waals surface area contributed by atoms with Crippen LogP contribution in [-0.4, -0.2) is 52.8 Å². The molecule has 0 spiro atoms. The van der Waals surface area contributed by atoms with E-state index in [9.17, 15) is 14.4 Å². The Balaban J connectivity index is 1.52. The van der Waals surface area contributed by atoms with Crippen LogP contribution in [-0.2, 0) is 16.0 Å². The van der Waals surface area contributed by atoms with E-state index < -0.39 is 11.6 Å². The molecule has 4 amide bonds. The third-order valence-corrected chi connectivity index (χ3v) is 5.32. The second-order valence-electron chi connectivity index (χ2n) is 7.42. The van der Waals surface area contributed by atoms with Gasteiger partial charge in [-0.2, -0.15) is 0 Å². The second kappa shape index (κ2) is 6.86. The number of nitrogens with one attached hydrogen (secondary N) is 1. The molecule has 2 aliphatic rings. The highest BCUT2D eigenvalue weighted by Gasteiger charge is 2.46. The summed E-state index contributed by atoms with van der Waals surface area (Å²) in [7, 11) is 0. The molecule has 0 radical (unpaired) electrons. The summed E-state index contributed by atoms with van der Waals surface area (Å²) in [5, 5.41) is 2.28. The zero-order valence-electron chi connectivity index (χ0n) is 14.8. The van der Waals surface area contributed by atoms with Crippen LogP contribution in [0.5, 0.6) is 0 Å². The Hall–Kier alpha value is -2.37. The van der Waals surface area contributed by atoms with Gasteiger partial charge in [0.15, 0.2) is 0 Å². The number of piperidine rings is 1. The number of amides is 4. The Kier molecular flexibility index (Phi) is 4.79. The van der Waals surface area contributed by atoms with Crippen molar-refractivity contribution >= 4 is 17.8 Å². The van der Waals surface area contributed by atoms with Gasteiger partial charge in [-0.15, -0.1) is 0 Å². The average Bonchev–Trinajstić information content (AvgIpc) is 2.78. The number of imide groups is 1. The average molecular weight is 343 g/mol. The molecule has 1 aromatic carbocycles. The van der Waals surface area contributed by atoms with Gasteiger partial charge in [-0.3, -0.25) is 14.9 Å². The van der Waals surface area contributed by atoms with Gasteiger partial charge in [0.05, 0.1) is 0 Å². The second-order valence-corrected chi connectivity index (χ2v) is 7.42. The first-order valence-corrected chi connectivity index (χ1v) is 8.82. The van der Waals surface area contributed by atoms with Gasteiger partial charge in [0.2, 0.25) is 5.91 Å². The lowest BCUT2D eigenvalue weighted by molar-refractivity contribution is -0.134. The van der Waals surface area contributed by atoms with Crippen LogP contribution in [0.15, 0.2) is 30.3 Å². The zero-order valence-corrected chi connectivity index (χ0v) is 14.8. The highest BCUT2D eigenvalue weighted by Crippen LogP contribution is 2.24. The van der Waals surface area contributed by atoms with E-state index in [1.165, 1.54) is 10.5 Å².